The molecule has 4 rings (SSSR count). The normalized spacial score (nSPS) is 14.2. The Labute approximate surface area is 270 Å². The van der Waals surface area contributed by atoms with Crippen LogP contribution in [0.25, 0.3) is 11.3 Å². The van der Waals surface area contributed by atoms with E-state index < -0.39 is 17.7 Å². The van der Waals surface area contributed by atoms with Crippen LogP contribution in [0.15, 0.2) is 36.5 Å². The number of ether oxygens (including phenoxy) is 3. The lowest BCUT2D eigenvalue weighted by Crippen LogP contribution is -2.53. The Kier molecular flexibility index (Phi) is 10.8. The molecule has 2 aromatic heterocycles. The lowest BCUT2D eigenvalue weighted by molar-refractivity contribution is -0.121. The summed E-state index contributed by atoms with van der Waals surface area (Å²) in [5.41, 5.74) is 10.1. The maximum absolute atomic E-state index is 12.9. The van der Waals surface area contributed by atoms with Crippen LogP contribution in [0.4, 0.5) is 21.9 Å². The van der Waals surface area contributed by atoms with Crippen molar-refractivity contribution in [2.45, 2.75) is 53.1 Å². The topological polar surface area (TPSA) is 154 Å². The smallest absolute Gasteiger partial charge is 0.410 e. The van der Waals surface area contributed by atoms with Gasteiger partial charge in [-0.2, -0.15) is 5.10 Å². The van der Waals surface area contributed by atoms with Crippen LogP contribution in [0.2, 0.25) is 0 Å². The minimum atomic E-state index is -0.625. The Morgan fingerprint density at radius 3 is 2.61 bits per heavy atom. The van der Waals surface area contributed by atoms with Crippen LogP contribution in [0.3, 0.4) is 0 Å². The number of pyridine rings is 1. The minimum absolute atomic E-state index is 0.0441. The summed E-state index contributed by atoms with van der Waals surface area (Å²) < 4.78 is 18.1. The second-order valence-corrected chi connectivity index (χ2v) is 12.6. The Bertz CT molecular complexity index is 1560. The van der Waals surface area contributed by atoms with E-state index >= 15 is 0 Å². The molecule has 1 aliphatic heterocycles. The molecule has 3 heterocycles. The minimum Gasteiger partial charge on any atom is -0.477 e. The second-order valence-electron chi connectivity index (χ2n) is 12.6. The number of benzene rings is 1. The lowest BCUT2D eigenvalue weighted by Gasteiger charge is -2.35. The maximum atomic E-state index is 12.9. The second kappa shape index (κ2) is 14.5. The van der Waals surface area contributed by atoms with Crippen molar-refractivity contribution in [3.63, 3.8) is 0 Å². The molecule has 0 radical (unpaired) electrons. The highest BCUT2D eigenvalue weighted by Gasteiger charge is 2.31. The fraction of sp³-hybridized carbons (Fsp3) is 0.485. The molecular formula is C33H45N7O6. The van der Waals surface area contributed by atoms with Gasteiger partial charge < -0.3 is 30.2 Å². The Morgan fingerprint density at radius 2 is 1.91 bits per heavy atom. The summed E-state index contributed by atoms with van der Waals surface area (Å²) in [4.78, 5) is 45.1. The molecule has 3 aromatic rings. The molecule has 248 valence electrons. The van der Waals surface area contributed by atoms with Gasteiger partial charge in [-0.25, -0.2) is 14.3 Å². The molecule has 0 saturated carbocycles. The van der Waals surface area contributed by atoms with Crippen molar-refractivity contribution < 1.29 is 28.6 Å². The molecule has 46 heavy (non-hydrogen) atoms. The van der Waals surface area contributed by atoms with Gasteiger partial charge in [-0.15, -0.1) is 0 Å². The summed E-state index contributed by atoms with van der Waals surface area (Å²) in [6.07, 6.45) is 2.88. The molecule has 1 saturated heterocycles. The number of aromatic nitrogens is 3. The lowest BCUT2D eigenvalue weighted by atomic mass is 10.1. The van der Waals surface area contributed by atoms with Gasteiger partial charge in [0.05, 0.1) is 48.1 Å². The molecule has 0 bridgehead atoms. The van der Waals surface area contributed by atoms with E-state index in [2.05, 4.69) is 22.3 Å². The summed E-state index contributed by atoms with van der Waals surface area (Å²) in [5, 5.41) is 7.77. The Balaban J connectivity index is 1.28. The van der Waals surface area contributed by atoms with E-state index in [4.69, 9.17) is 19.9 Å². The van der Waals surface area contributed by atoms with Crippen LogP contribution in [0, 0.1) is 12.8 Å². The molecule has 3 N–H and O–H groups in total. The molecule has 1 fully saturated rings. The largest absolute Gasteiger partial charge is 0.477 e. The maximum Gasteiger partial charge on any atom is 0.410 e. The number of nitrogen functional groups attached to an aromatic ring is 1. The van der Waals surface area contributed by atoms with Crippen molar-refractivity contribution in [3.05, 3.63) is 47.8 Å². The van der Waals surface area contributed by atoms with Crippen molar-refractivity contribution in [2.75, 3.05) is 55.8 Å². The Morgan fingerprint density at radius 1 is 1.15 bits per heavy atom. The average Bonchev–Trinajstić information content (AvgIpc) is 3.37. The first-order valence-corrected chi connectivity index (χ1v) is 15.4. The van der Waals surface area contributed by atoms with E-state index in [0.717, 1.165) is 24.2 Å². The van der Waals surface area contributed by atoms with Gasteiger partial charge in [0, 0.05) is 38.1 Å². The highest BCUT2D eigenvalue weighted by molar-refractivity contribution is 5.98. The Hall–Kier alpha value is -4.81. The zero-order valence-corrected chi connectivity index (χ0v) is 27.8. The van der Waals surface area contributed by atoms with Crippen LogP contribution >= 0.6 is 0 Å². The predicted molar refractivity (Wildman–Crippen MR) is 176 cm³/mol. The van der Waals surface area contributed by atoms with Crippen molar-refractivity contribution in [2.24, 2.45) is 13.0 Å². The number of aryl methyl sites for hydroxylation is 2. The number of carbonyl (C=O) groups excluding carboxylic acids is 3. The van der Waals surface area contributed by atoms with Gasteiger partial charge in [0.2, 0.25) is 11.8 Å². The molecular weight excluding hydrogens is 590 g/mol. The average molecular weight is 636 g/mol. The number of esters is 1. The summed E-state index contributed by atoms with van der Waals surface area (Å²) in [6.45, 7) is 11.2. The van der Waals surface area contributed by atoms with Crippen LogP contribution in [-0.4, -0.2) is 83.1 Å². The number of hydrogen-bond donors (Lipinski definition) is 2. The van der Waals surface area contributed by atoms with E-state index in [1.807, 2.05) is 19.1 Å². The molecule has 0 spiro atoms. The van der Waals surface area contributed by atoms with Crippen molar-refractivity contribution >= 4 is 35.0 Å². The number of piperazine rings is 1. The van der Waals surface area contributed by atoms with E-state index in [9.17, 15) is 14.4 Å². The van der Waals surface area contributed by atoms with Gasteiger partial charge in [0.15, 0.2) is 0 Å². The van der Waals surface area contributed by atoms with E-state index in [1.165, 1.54) is 12.0 Å². The number of hydrogen-bond acceptors (Lipinski definition) is 10. The van der Waals surface area contributed by atoms with Crippen LogP contribution in [0.5, 0.6) is 5.88 Å². The third kappa shape index (κ3) is 8.67. The summed E-state index contributed by atoms with van der Waals surface area (Å²) in [5.74, 6) is 0.268. The van der Waals surface area contributed by atoms with Gasteiger partial charge in [0.25, 0.3) is 0 Å². The highest BCUT2D eigenvalue weighted by Crippen LogP contribution is 2.30. The quantitative estimate of drug-likeness (QED) is 0.173. The van der Waals surface area contributed by atoms with Crippen LogP contribution < -0.4 is 20.7 Å². The molecule has 1 aromatic carbocycles. The number of nitrogens with two attached hydrogens (primary N) is 1. The molecule has 2 amide bonds. The van der Waals surface area contributed by atoms with Crippen molar-refractivity contribution in [3.8, 4) is 17.1 Å². The van der Waals surface area contributed by atoms with Crippen molar-refractivity contribution in [1.29, 1.82) is 0 Å². The number of rotatable bonds is 11. The van der Waals surface area contributed by atoms with Crippen LogP contribution in [0.1, 0.15) is 56.6 Å². The molecule has 13 heteroatoms. The van der Waals surface area contributed by atoms with E-state index in [-0.39, 0.29) is 12.5 Å². The molecule has 0 unspecified atom stereocenters. The van der Waals surface area contributed by atoms with E-state index in [1.54, 1.807) is 61.8 Å². The van der Waals surface area contributed by atoms with Gasteiger partial charge in [-0.3, -0.25) is 14.7 Å². The van der Waals surface area contributed by atoms with Crippen LogP contribution in [-0.2, 0) is 21.3 Å². The highest BCUT2D eigenvalue weighted by atomic mass is 16.6. The third-order valence-electron chi connectivity index (χ3n) is 7.48. The zero-order chi connectivity index (χ0) is 33.6. The fourth-order valence-electron chi connectivity index (χ4n) is 5.10. The number of amides is 2. The molecule has 13 nitrogen and oxygen atoms in total. The van der Waals surface area contributed by atoms with Gasteiger partial charge in [0.1, 0.15) is 12.1 Å². The molecule has 1 atom stereocenters. The number of methoxy groups -OCH3 is 1. The SMILES string of the molecule is COC(=O)c1cc(C)nc(-c2cnn(C)c2OCCC[C@@H](C)CNc2cc(N3CCN(C(=O)OC(C)(C)C)CC3=O)ccc2N)c1. The summed E-state index contributed by atoms with van der Waals surface area (Å²) >= 11 is 0. The van der Waals surface area contributed by atoms with Gasteiger partial charge in [-0.05, 0) is 76.8 Å². The first-order valence-electron chi connectivity index (χ1n) is 15.4. The first-order chi connectivity index (χ1) is 21.8. The first kappa shape index (κ1) is 34.1. The zero-order valence-electron chi connectivity index (χ0n) is 27.8. The predicted octanol–water partition coefficient (Wildman–Crippen LogP) is 4.65. The number of anilines is 3. The number of nitrogens with zero attached hydrogens (tertiary/aromatic N) is 5. The third-order valence-corrected chi connectivity index (χ3v) is 7.48. The van der Waals surface area contributed by atoms with Gasteiger partial charge in [-0.1, -0.05) is 6.92 Å². The summed E-state index contributed by atoms with van der Waals surface area (Å²) in [7, 11) is 3.15. The monoisotopic (exact) mass is 635 g/mol. The molecule has 1 aliphatic rings. The van der Waals surface area contributed by atoms with Gasteiger partial charge >= 0.3 is 12.1 Å². The number of carbonyl (C=O) groups is 3. The number of nitrogens with one attached hydrogen (secondary N) is 1. The fourth-order valence-corrected chi connectivity index (χ4v) is 5.10. The van der Waals surface area contributed by atoms with E-state index in [0.29, 0.717) is 66.2 Å². The molecule has 0 aliphatic carbocycles. The van der Waals surface area contributed by atoms with Crippen molar-refractivity contribution in [1.82, 2.24) is 19.7 Å². The summed E-state index contributed by atoms with van der Waals surface area (Å²) in [6, 6.07) is 8.84. The standard InChI is InChI=1S/C33H45N7O6/c1-21(9-8-14-45-30-25(19-36-38(30)6)27-16-23(31(42)44-7)15-22(2)37-27)18-35-28-17-24(10-11-26(28)34)40-13-12-39(20-29(40)41)32(43)46-33(3,4)5/h10-11,15-17,19,21,35H,8-9,12-14,18,20,34H2,1-7H3/t21-/m1/s1.